The molecule has 1 aromatic rings. The number of carbonyl (C=O) groups excluding carboxylic acids is 2. The van der Waals surface area contributed by atoms with Gasteiger partial charge >= 0.3 is 6.09 Å². The van der Waals surface area contributed by atoms with E-state index in [4.69, 9.17) is 4.74 Å². The minimum Gasteiger partial charge on any atom is -0.444 e. The minimum absolute atomic E-state index is 0.0144. The fourth-order valence-electron chi connectivity index (χ4n) is 2.85. The quantitative estimate of drug-likeness (QED) is 0.734. The average Bonchev–Trinajstić information content (AvgIpc) is 2.90. The molecule has 2 atom stereocenters. The van der Waals surface area contributed by atoms with E-state index in [1.165, 1.54) is 0 Å². The Hall–Kier alpha value is -1.31. The SMILES string of the molecule is CNC(=O)[C@@H]1[C@H](c2ccc(I)cc2)CCN1C(=O)OC(C)(C)C. The molecule has 1 saturated heterocycles. The molecule has 0 bridgehead atoms. The molecule has 1 N–H and O–H groups in total. The molecule has 2 amide bonds. The number of carbonyl (C=O) groups is 2. The molecule has 1 fully saturated rings. The fraction of sp³-hybridized carbons (Fsp3) is 0.529. The molecule has 126 valence electrons. The maximum absolute atomic E-state index is 12.4. The zero-order valence-electron chi connectivity index (χ0n) is 13.9. The van der Waals surface area contributed by atoms with E-state index in [9.17, 15) is 9.59 Å². The average molecular weight is 430 g/mol. The lowest BCUT2D eigenvalue weighted by Crippen LogP contribution is -2.48. The number of rotatable bonds is 2. The summed E-state index contributed by atoms with van der Waals surface area (Å²) in [5.41, 5.74) is 0.496. The molecular weight excluding hydrogens is 407 g/mol. The number of halogens is 1. The van der Waals surface area contributed by atoms with Gasteiger partial charge < -0.3 is 10.1 Å². The zero-order valence-corrected chi connectivity index (χ0v) is 16.1. The molecule has 1 aliphatic rings. The van der Waals surface area contributed by atoms with Gasteiger partial charge in [0.05, 0.1) is 0 Å². The molecule has 6 heteroatoms. The predicted molar refractivity (Wildman–Crippen MR) is 97.3 cm³/mol. The molecule has 0 aromatic heterocycles. The van der Waals surface area contributed by atoms with Crippen molar-refractivity contribution < 1.29 is 14.3 Å². The lowest BCUT2D eigenvalue weighted by Gasteiger charge is -2.29. The van der Waals surface area contributed by atoms with Crippen molar-refractivity contribution >= 4 is 34.6 Å². The summed E-state index contributed by atoms with van der Waals surface area (Å²) in [6.07, 6.45) is 0.317. The third-order valence-corrected chi connectivity index (χ3v) is 4.56. The van der Waals surface area contributed by atoms with E-state index in [1.807, 2.05) is 45.0 Å². The number of likely N-dealkylation sites (N-methyl/N-ethyl adjacent to an activating group) is 1. The van der Waals surface area contributed by atoms with Crippen molar-refractivity contribution in [1.82, 2.24) is 10.2 Å². The lowest BCUT2D eigenvalue weighted by atomic mass is 9.91. The highest BCUT2D eigenvalue weighted by Gasteiger charge is 2.43. The highest BCUT2D eigenvalue weighted by molar-refractivity contribution is 14.1. The van der Waals surface area contributed by atoms with Gasteiger partial charge in [-0.05, 0) is 67.5 Å². The Balaban J connectivity index is 2.26. The topological polar surface area (TPSA) is 58.6 Å². The molecule has 0 saturated carbocycles. The Bertz CT molecular complexity index is 580. The van der Waals surface area contributed by atoms with Crippen LogP contribution in [0.1, 0.15) is 38.7 Å². The summed E-state index contributed by atoms with van der Waals surface area (Å²) in [5.74, 6) is -0.170. The second kappa shape index (κ2) is 7.07. The smallest absolute Gasteiger partial charge is 0.410 e. The van der Waals surface area contributed by atoms with Gasteiger partial charge in [-0.3, -0.25) is 9.69 Å². The molecule has 1 aromatic carbocycles. The van der Waals surface area contributed by atoms with Crippen molar-refractivity contribution in [3.8, 4) is 0 Å². The third kappa shape index (κ3) is 4.37. The number of nitrogens with zero attached hydrogens (tertiary/aromatic N) is 1. The molecule has 1 aliphatic heterocycles. The molecule has 0 unspecified atom stereocenters. The van der Waals surface area contributed by atoms with Gasteiger partial charge in [0.15, 0.2) is 0 Å². The Morgan fingerprint density at radius 2 is 1.87 bits per heavy atom. The maximum Gasteiger partial charge on any atom is 0.410 e. The summed E-state index contributed by atoms with van der Waals surface area (Å²) in [6, 6.07) is 7.57. The molecule has 0 spiro atoms. The number of hydrogen-bond donors (Lipinski definition) is 1. The van der Waals surface area contributed by atoms with Crippen molar-refractivity contribution in [2.75, 3.05) is 13.6 Å². The van der Waals surface area contributed by atoms with E-state index in [1.54, 1.807) is 11.9 Å². The molecule has 0 radical (unpaired) electrons. The first-order valence-electron chi connectivity index (χ1n) is 7.69. The Morgan fingerprint density at radius 3 is 2.39 bits per heavy atom. The van der Waals surface area contributed by atoms with Crippen LogP contribution < -0.4 is 5.32 Å². The third-order valence-electron chi connectivity index (χ3n) is 3.84. The molecule has 1 heterocycles. The first kappa shape index (κ1) is 18.0. The van der Waals surface area contributed by atoms with Crippen LogP contribution in [0.3, 0.4) is 0 Å². The maximum atomic E-state index is 12.4. The summed E-state index contributed by atoms with van der Waals surface area (Å²) in [7, 11) is 1.60. The van der Waals surface area contributed by atoms with Gasteiger partial charge in [0.1, 0.15) is 11.6 Å². The van der Waals surface area contributed by atoms with Gasteiger partial charge in [0.25, 0.3) is 0 Å². The Labute approximate surface area is 150 Å². The van der Waals surface area contributed by atoms with E-state index < -0.39 is 17.7 Å². The van der Waals surface area contributed by atoms with Gasteiger partial charge in [-0.25, -0.2) is 4.79 Å². The van der Waals surface area contributed by atoms with Crippen LogP contribution in [-0.4, -0.2) is 42.1 Å². The first-order valence-corrected chi connectivity index (χ1v) is 8.77. The van der Waals surface area contributed by atoms with E-state index >= 15 is 0 Å². The van der Waals surface area contributed by atoms with Crippen LogP contribution in [0.4, 0.5) is 4.79 Å². The summed E-state index contributed by atoms with van der Waals surface area (Å²) >= 11 is 2.25. The van der Waals surface area contributed by atoms with Crippen LogP contribution in [0.15, 0.2) is 24.3 Å². The molecule has 5 nitrogen and oxygen atoms in total. The summed E-state index contributed by atoms with van der Waals surface area (Å²) in [4.78, 5) is 26.4. The number of benzene rings is 1. The summed E-state index contributed by atoms with van der Waals surface area (Å²) in [5, 5.41) is 2.68. The highest BCUT2D eigenvalue weighted by atomic mass is 127. The van der Waals surface area contributed by atoms with Crippen LogP contribution in [0.25, 0.3) is 0 Å². The van der Waals surface area contributed by atoms with E-state index in [0.717, 1.165) is 15.6 Å². The number of ether oxygens (including phenoxy) is 1. The van der Waals surface area contributed by atoms with Crippen LogP contribution in [0, 0.1) is 3.57 Å². The van der Waals surface area contributed by atoms with Gasteiger partial charge in [0, 0.05) is 23.1 Å². The number of likely N-dealkylation sites (tertiary alicyclic amines) is 1. The van der Waals surface area contributed by atoms with Crippen LogP contribution in [0.5, 0.6) is 0 Å². The number of hydrogen-bond acceptors (Lipinski definition) is 3. The van der Waals surface area contributed by atoms with E-state index in [2.05, 4.69) is 27.9 Å². The number of amides is 2. The largest absolute Gasteiger partial charge is 0.444 e. The van der Waals surface area contributed by atoms with Crippen molar-refractivity contribution in [2.24, 2.45) is 0 Å². The Morgan fingerprint density at radius 1 is 1.26 bits per heavy atom. The molecular formula is C17H23IN2O3. The van der Waals surface area contributed by atoms with Gasteiger partial charge in [-0.2, -0.15) is 0 Å². The lowest BCUT2D eigenvalue weighted by molar-refractivity contribution is -0.125. The van der Waals surface area contributed by atoms with Crippen molar-refractivity contribution in [3.05, 3.63) is 33.4 Å². The van der Waals surface area contributed by atoms with Crippen molar-refractivity contribution in [3.63, 3.8) is 0 Å². The predicted octanol–water partition coefficient (Wildman–Crippen LogP) is 3.13. The van der Waals surface area contributed by atoms with Crippen LogP contribution in [-0.2, 0) is 9.53 Å². The number of nitrogens with one attached hydrogen (secondary N) is 1. The standard InChI is InChI=1S/C17H23IN2O3/c1-17(2,3)23-16(22)20-10-9-13(14(20)15(21)19-4)11-5-7-12(18)8-6-11/h5-8,13-14H,9-10H2,1-4H3,(H,19,21)/t13-,14-/m0/s1. The molecule has 23 heavy (non-hydrogen) atoms. The molecule has 2 rings (SSSR count). The second-order valence-corrected chi connectivity index (χ2v) is 7.93. The van der Waals surface area contributed by atoms with Gasteiger partial charge in [-0.1, -0.05) is 12.1 Å². The van der Waals surface area contributed by atoms with Crippen LogP contribution >= 0.6 is 22.6 Å². The van der Waals surface area contributed by atoms with E-state index in [0.29, 0.717) is 6.54 Å². The van der Waals surface area contributed by atoms with Crippen molar-refractivity contribution in [1.29, 1.82) is 0 Å². The van der Waals surface area contributed by atoms with Crippen molar-refractivity contribution in [2.45, 2.75) is 44.8 Å². The van der Waals surface area contributed by atoms with Gasteiger partial charge in [0.2, 0.25) is 5.91 Å². The minimum atomic E-state index is -0.578. The summed E-state index contributed by atoms with van der Waals surface area (Å²) < 4.78 is 6.60. The monoisotopic (exact) mass is 430 g/mol. The normalized spacial score (nSPS) is 21.2. The summed E-state index contributed by atoms with van der Waals surface area (Å²) in [6.45, 7) is 6.00. The zero-order chi connectivity index (χ0) is 17.2. The molecule has 0 aliphatic carbocycles. The fourth-order valence-corrected chi connectivity index (χ4v) is 3.21. The highest BCUT2D eigenvalue weighted by Crippen LogP contribution is 2.35. The van der Waals surface area contributed by atoms with Gasteiger partial charge in [-0.15, -0.1) is 0 Å². The Kier molecular flexibility index (Phi) is 5.54. The van der Waals surface area contributed by atoms with E-state index in [-0.39, 0.29) is 11.8 Å². The second-order valence-electron chi connectivity index (χ2n) is 6.68. The van der Waals surface area contributed by atoms with Crippen LogP contribution in [0.2, 0.25) is 0 Å². The first-order chi connectivity index (χ1) is 10.7.